The van der Waals surface area contributed by atoms with Gasteiger partial charge in [-0.15, -0.1) is 0 Å². The average Bonchev–Trinajstić information content (AvgIpc) is 2.31. The second-order valence-electron chi connectivity index (χ2n) is 4.52. The Morgan fingerprint density at radius 2 is 2.47 bits per heavy atom. The molecule has 0 radical (unpaired) electrons. The van der Waals surface area contributed by atoms with E-state index in [4.69, 9.17) is 5.90 Å². The van der Waals surface area contributed by atoms with Gasteiger partial charge in [-0.2, -0.15) is 0 Å². The van der Waals surface area contributed by atoms with Crippen molar-refractivity contribution in [2.75, 3.05) is 26.7 Å². The van der Waals surface area contributed by atoms with Crippen LogP contribution in [0.15, 0.2) is 11.6 Å². The van der Waals surface area contributed by atoms with E-state index in [0.717, 1.165) is 19.4 Å². The van der Waals surface area contributed by atoms with Crippen LogP contribution >= 0.6 is 0 Å². The van der Waals surface area contributed by atoms with E-state index in [9.17, 15) is 4.79 Å². The molecule has 0 spiro atoms. The zero-order valence-corrected chi connectivity index (χ0v) is 10.7. The Bertz CT molecular complexity index is 279. The van der Waals surface area contributed by atoms with E-state index in [1.165, 1.54) is 5.57 Å². The number of nitrogens with one attached hydrogen (secondary N) is 1. The minimum atomic E-state index is 0.0644. The number of hydrogen-bond donors (Lipinski definition) is 2. The molecule has 98 valence electrons. The fraction of sp³-hybridized carbons (Fsp3) is 0.750. The molecule has 1 amide bonds. The first-order valence-corrected chi connectivity index (χ1v) is 6.11. The van der Waals surface area contributed by atoms with E-state index in [0.29, 0.717) is 25.6 Å². The molecule has 1 unspecified atom stereocenters. The molecule has 1 atom stereocenters. The Kier molecular flexibility index (Phi) is 6.18. The molecular formula is C12H23N3O2. The third kappa shape index (κ3) is 5.30. The molecule has 1 rings (SSSR count). The SMILES string of the molecule is CC1C=C(CCC(=O)NCCON)CCN1C. The van der Waals surface area contributed by atoms with Crippen LogP contribution in [0.3, 0.4) is 0 Å². The smallest absolute Gasteiger partial charge is 0.220 e. The van der Waals surface area contributed by atoms with Crippen LogP contribution in [0.1, 0.15) is 26.2 Å². The summed E-state index contributed by atoms with van der Waals surface area (Å²) in [4.78, 5) is 18.1. The summed E-state index contributed by atoms with van der Waals surface area (Å²) in [6.07, 6.45) is 4.74. The fourth-order valence-corrected chi connectivity index (χ4v) is 1.90. The number of likely N-dealkylation sites (N-methyl/N-ethyl adjacent to an activating group) is 1. The van der Waals surface area contributed by atoms with Crippen molar-refractivity contribution in [2.24, 2.45) is 5.90 Å². The lowest BCUT2D eigenvalue weighted by Gasteiger charge is -2.28. The van der Waals surface area contributed by atoms with Crippen molar-refractivity contribution in [3.05, 3.63) is 11.6 Å². The van der Waals surface area contributed by atoms with Gasteiger partial charge in [0.05, 0.1) is 6.61 Å². The van der Waals surface area contributed by atoms with Gasteiger partial charge < -0.3 is 10.2 Å². The van der Waals surface area contributed by atoms with Crippen LogP contribution in [0, 0.1) is 0 Å². The predicted molar refractivity (Wildman–Crippen MR) is 67.2 cm³/mol. The molecule has 0 saturated heterocycles. The number of rotatable bonds is 6. The molecule has 0 aromatic rings. The summed E-state index contributed by atoms with van der Waals surface area (Å²) in [5.41, 5.74) is 1.39. The zero-order valence-electron chi connectivity index (χ0n) is 10.7. The van der Waals surface area contributed by atoms with Crippen molar-refractivity contribution in [3.63, 3.8) is 0 Å². The second-order valence-corrected chi connectivity index (χ2v) is 4.52. The molecule has 1 aliphatic heterocycles. The molecular weight excluding hydrogens is 218 g/mol. The number of nitrogens with zero attached hydrogens (tertiary/aromatic N) is 1. The molecule has 17 heavy (non-hydrogen) atoms. The van der Waals surface area contributed by atoms with Crippen molar-refractivity contribution in [1.82, 2.24) is 10.2 Å². The standard InChI is InChI=1S/C12H23N3O2/c1-10-9-11(5-7-15(10)2)3-4-12(16)14-6-8-17-13/h9-10H,3-8,13H2,1-2H3,(H,14,16). The van der Waals surface area contributed by atoms with Gasteiger partial charge in [0.1, 0.15) is 0 Å². The first kappa shape index (κ1) is 14.2. The minimum Gasteiger partial charge on any atom is -0.354 e. The molecule has 0 fully saturated rings. The summed E-state index contributed by atoms with van der Waals surface area (Å²) in [5, 5.41) is 2.76. The topological polar surface area (TPSA) is 67.6 Å². The van der Waals surface area contributed by atoms with Crippen molar-refractivity contribution < 1.29 is 9.63 Å². The molecule has 1 heterocycles. The Morgan fingerprint density at radius 1 is 1.71 bits per heavy atom. The lowest BCUT2D eigenvalue weighted by atomic mass is 9.99. The van der Waals surface area contributed by atoms with Crippen LogP contribution in [0.2, 0.25) is 0 Å². The largest absolute Gasteiger partial charge is 0.354 e. The minimum absolute atomic E-state index is 0.0644. The molecule has 1 aliphatic rings. The van der Waals surface area contributed by atoms with Gasteiger partial charge in [0.15, 0.2) is 0 Å². The Labute approximate surface area is 103 Å². The second kappa shape index (κ2) is 7.42. The van der Waals surface area contributed by atoms with Crippen molar-refractivity contribution in [2.45, 2.75) is 32.2 Å². The highest BCUT2D eigenvalue weighted by Crippen LogP contribution is 2.18. The van der Waals surface area contributed by atoms with E-state index < -0.39 is 0 Å². The lowest BCUT2D eigenvalue weighted by Crippen LogP contribution is -2.32. The summed E-state index contributed by atoms with van der Waals surface area (Å²) in [7, 11) is 2.12. The highest BCUT2D eigenvalue weighted by atomic mass is 16.6. The van der Waals surface area contributed by atoms with Crippen LogP contribution in [-0.2, 0) is 9.63 Å². The first-order chi connectivity index (χ1) is 8.13. The molecule has 0 saturated carbocycles. The number of nitrogens with two attached hydrogens (primary N) is 1. The summed E-state index contributed by atoms with van der Waals surface area (Å²) < 4.78 is 0. The van der Waals surface area contributed by atoms with Gasteiger partial charge >= 0.3 is 0 Å². The van der Waals surface area contributed by atoms with Crippen molar-refractivity contribution in [1.29, 1.82) is 0 Å². The molecule has 5 nitrogen and oxygen atoms in total. The maximum absolute atomic E-state index is 11.5. The van der Waals surface area contributed by atoms with Gasteiger partial charge in [0.2, 0.25) is 5.91 Å². The first-order valence-electron chi connectivity index (χ1n) is 6.11. The molecule has 0 aromatic carbocycles. The highest BCUT2D eigenvalue weighted by Gasteiger charge is 2.14. The lowest BCUT2D eigenvalue weighted by molar-refractivity contribution is -0.121. The Hall–Kier alpha value is -0.910. The number of hydrogen-bond acceptors (Lipinski definition) is 4. The molecule has 5 heteroatoms. The van der Waals surface area contributed by atoms with Gasteiger partial charge in [-0.25, -0.2) is 5.90 Å². The Balaban J connectivity index is 2.22. The molecule has 0 aromatic heterocycles. The van der Waals surface area contributed by atoms with Gasteiger partial charge in [-0.05, 0) is 26.8 Å². The number of carbonyl (C=O) groups excluding carboxylic acids is 1. The Morgan fingerprint density at radius 3 is 3.12 bits per heavy atom. The maximum Gasteiger partial charge on any atom is 0.220 e. The van der Waals surface area contributed by atoms with Crippen LogP contribution in [0.25, 0.3) is 0 Å². The van der Waals surface area contributed by atoms with Crippen LogP contribution in [0.4, 0.5) is 0 Å². The maximum atomic E-state index is 11.5. The zero-order chi connectivity index (χ0) is 12.7. The fourth-order valence-electron chi connectivity index (χ4n) is 1.90. The summed E-state index contributed by atoms with van der Waals surface area (Å²) in [5.74, 6) is 4.93. The van der Waals surface area contributed by atoms with Crippen molar-refractivity contribution in [3.8, 4) is 0 Å². The molecule has 0 aliphatic carbocycles. The normalized spacial score (nSPS) is 21.1. The van der Waals surface area contributed by atoms with Gasteiger partial charge in [0.25, 0.3) is 0 Å². The summed E-state index contributed by atoms with van der Waals surface area (Å²) >= 11 is 0. The summed E-state index contributed by atoms with van der Waals surface area (Å²) in [6.45, 7) is 4.09. The van der Waals surface area contributed by atoms with Crippen LogP contribution in [0.5, 0.6) is 0 Å². The van der Waals surface area contributed by atoms with E-state index in [1.807, 2.05) is 0 Å². The molecule has 3 N–H and O–H groups in total. The third-order valence-electron chi connectivity index (χ3n) is 3.17. The quantitative estimate of drug-likeness (QED) is 0.402. The monoisotopic (exact) mass is 241 g/mol. The van der Waals surface area contributed by atoms with E-state index >= 15 is 0 Å². The third-order valence-corrected chi connectivity index (χ3v) is 3.17. The molecule has 0 bridgehead atoms. The summed E-state index contributed by atoms with van der Waals surface area (Å²) in [6, 6.07) is 0.479. The van der Waals surface area contributed by atoms with E-state index in [-0.39, 0.29) is 5.91 Å². The van der Waals surface area contributed by atoms with E-state index in [2.05, 4.69) is 35.1 Å². The van der Waals surface area contributed by atoms with Crippen LogP contribution in [-0.4, -0.2) is 43.6 Å². The van der Waals surface area contributed by atoms with Gasteiger partial charge in [0, 0.05) is 25.6 Å². The van der Waals surface area contributed by atoms with Gasteiger partial charge in [-0.1, -0.05) is 11.6 Å². The number of carbonyl (C=O) groups is 1. The average molecular weight is 241 g/mol. The van der Waals surface area contributed by atoms with Crippen LogP contribution < -0.4 is 11.2 Å². The highest BCUT2D eigenvalue weighted by molar-refractivity contribution is 5.76. The number of amides is 1. The van der Waals surface area contributed by atoms with Gasteiger partial charge in [-0.3, -0.25) is 9.69 Å². The van der Waals surface area contributed by atoms with Crippen molar-refractivity contribution >= 4 is 5.91 Å². The van der Waals surface area contributed by atoms with E-state index in [1.54, 1.807) is 0 Å². The predicted octanol–water partition coefficient (Wildman–Crippen LogP) is 0.424.